The fourth-order valence-corrected chi connectivity index (χ4v) is 4.30. The molecular formula is C25H31F3N2O2. The van der Waals surface area contributed by atoms with Crippen LogP contribution in [-0.2, 0) is 21.2 Å². The Balaban J connectivity index is 1.76. The summed E-state index contributed by atoms with van der Waals surface area (Å²) >= 11 is 0. The van der Waals surface area contributed by atoms with Crippen LogP contribution in [0, 0.1) is 12.8 Å². The number of carbonyl (C=O) groups is 1. The van der Waals surface area contributed by atoms with Gasteiger partial charge in [0.1, 0.15) is 0 Å². The summed E-state index contributed by atoms with van der Waals surface area (Å²) in [6.45, 7) is 4.43. The number of hydrogen-bond donors (Lipinski definition) is 2. The Morgan fingerprint density at radius 3 is 2.56 bits per heavy atom. The molecule has 0 saturated carbocycles. The van der Waals surface area contributed by atoms with Crippen LogP contribution in [0.3, 0.4) is 0 Å². The van der Waals surface area contributed by atoms with Gasteiger partial charge in [0, 0.05) is 13.5 Å². The van der Waals surface area contributed by atoms with Crippen LogP contribution in [0.15, 0.2) is 48.5 Å². The third kappa shape index (κ3) is 5.90. The number of carbonyl (C=O) groups excluding carboxylic acids is 1. The van der Waals surface area contributed by atoms with Crippen molar-refractivity contribution in [2.75, 3.05) is 20.2 Å². The van der Waals surface area contributed by atoms with Gasteiger partial charge in [0.15, 0.2) is 0 Å². The molecule has 1 aliphatic heterocycles. The molecule has 7 heteroatoms. The molecule has 1 fully saturated rings. The molecule has 32 heavy (non-hydrogen) atoms. The van der Waals surface area contributed by atoms with E-state index in [-0.39, 0.29) is 11.8 Å². The lowest BCUT2D eigenvalue weighted by Gasteiger charge is -2.42. The Labute approximate surface area is 187 Å². The average molecular weight is 449 g/mol. The summed E-state index contributed by atoms with van der Waals surface area (Å²) in [4.78, 5) is 11.8. The van der Waals surface area contributed by atoms with Crippen LogP contribution in [0.1, 0.15) is 54.5 Å². The molecule has 1 aliphatic rings. The molecule has 3 rings (SSSR count). The highest BCUT2D eigenvalue weighted by Crippen LogP contribution is 2.36. The van der Waals surface area contributed by atoms with Crippen LogP contribution in [0.4, 0.5) is 13.2 Å². The second-order valence-electron chi connectivity index (χ2n) is 8.69. The Morgan fingerprint density at radius 1 is 1.25 bits per heavy atom. The van der Waals surface area contributed by atoms with Crippen LogP contribution in [0.5, 0.6) is 0 Å². The van der Waals surface area contributed by atoms with Gasteiger partial charge in [0.25, 0.3) is 0 Å². The van der Waals surface area contributed by atoms with Gasteiger partial charge in [-0.15, -0.1) is 0 Å². The molecule has 3 atom stereocenters. The summed E-state index contributed by atoms with van der Waals surface area (Å²) in [7, 11) is 1.64. The van der Waals surface area contributed by atoms with Crippen LogP contribution in [0.2, 0.25) is 0 Å². The number of nitrogens with one attached hydrogen (secondary N) is 2. The summed E-state index contributed by atoms with van der Waals surface area (Å²) in [6, 6.07) is 14.0. The first-order valence-electron chi connectivity index (χ1n) is 10.9. The van der Waals surface area contributed by atoms with Gasteiger partial charge in [-0.2, -0.15) is 13.2 Å². The molecule has 4 nitrogen and oxygen atoms in total. The maximum absolute atomic E-state index is 13.2. The lowest BCUT2D eigenvalue weighted by molar-refractivity contribution is -0.137. The van der Waals surface area contributed by atoms with Crippen molar-refractivity contribution in [2.45, 2.75) is 50.9 Å². The van der Waals surface area contributed by atoms with Gasteiger partial charge in [0.05, 0.1) is 23.8 Å². The SMILES string of the molecule is CNC(=O)C[C@@H]1CC[C@@](CO[C@H](C)c2cc(C)cc(C(F)(F)F)c2)(c2ccccc2)NC1. The molecule has 0 radical (unpaired) electrons. The second kappa shape index (κ2) is 10.0. The van der Waals surface area contributed by atoms with Gasteiger partial charge in [-0.25, -0.2) is 0 Å². The van der Waals surface area contributed by atoms with Crippen molar-refractivity contribution in [3.8, 4) is 0 Å². The number of piperidine rings is 1. The minimum Gasteiger partial charge on any atom is -0.372 e. The normalized spacial score (nSPS) is 22.4. The Hall–Kier alpha value is -2.38. The molecule has 2 aromatic carbocycles. The molecule has 2 N–H and O–H groups in total. The highest BCUT2D eigenvalue weighted by Gasteiger charge is 2.38. The fourth-order valence-electron chi connectivity index (χ4n) is 4.30. The van der Waals surface area contributed by atoms with E-state index >= 15 is 0 Å². The molecule has 0 spiro atoms. The van der Waals surface area contributed by atoms with Crippen molar-refractivity contribution in [3.63, 3.8) is 0 Å². The van der Waals surface area contributed by atoms with E-state index < -0.39 is 23.4 Å². The number of alkyl halides is 3. The van der Waals surface area contributed by atoms with E-state index in [1.165, 1.54) is 6.07 Å². The molecule has 0 bridgehead atoms. The summed E-state index contributed by atoms with van der Waals surface area (Å²) in [6.07, 6.45) is -2.80. The number of halogens is 3. The number of hydrogen-bond acceptors (Lipinski definition) is 3. The van der Waals surface area contributed by atoms with E-state index in [0.29, 0.717) is 30.7 Å². The Bertz CT molecular complexity index is 907. The largest absolute Gasteiger partial charge is 0.416 e. The molecule has 1 saturated heterocycles. The molecular weight excluding hydrogens is 417 g/mol. The van der Waals surface area contributed by atoms with Gasteiger partial charge >= 0.3 is 6.18 Å². The highest BCUT2D eigenvalue weighted by molar-refractivity contribution is 5.75. The minimum atomic E-state index is -4.39. The molecule has 2 aromatic rings. The summed E-state index contributed by atoms with van der Waals surface area (Å²) in [5.41, 5.74) is 1.02. The van der Waals surface area contributed by atoms with E-state index in [1.54, 1.807) is 27.0 Å². The summed E-state index contributed by atoms with van der Waals surface area (Å²) in [5.74, 6) is 0.254. The van der Waals surface area contributed by atoms with Crippen LogP contribution in [0.25, 0.3) is 0 Å². The zero-order valence-electron chi connectivity index (χ0n) is 18.8. The number of benzene rings is 2. The van der Waals surface area contributed by atoms with Gasteiger partial charge < -0.3 is 15.4 Å². The zero-order chi connectivity index (χ0) is 23.4. The predicted molar refractivity (Wildman–Crippen MR) is 118 cm³/mol. The summed E-state index contributed by atoms with van der Waals surface area (Å²) in [5, 5.41) is 6.27. The first-order chi connectivity index (χ1) is 15.1. The van der Waals surface area contributed by atoms with Crippen molar-refractivity contribution in [1.29, 1.82) is 0 Å². The van der Waals surface area contributed by atoms with Crippen LogP contribution >= 0.6 is 0 Å². The first-order valence-corrected chi connectivity index (χ1v) is 10.9. The number of aryl methyl sites for hydroxylation is 1. The predicted octanol–water partition coefficient (Wildman–Crippen LogP) is 5.12. The standard InChI is InChI=1S/C25H31F3N2O2/c1-17-11-20(14-22(12-17)25(26,27)28)18(2)32-16-24(21-7-5-4-6-8-21)10-9-19(15-30-24)13-23(31)29-3/h4-8,11-12,14,18-19,30H,9-10,13,15-16H2,1-3H3,(H,29,31)/t18-,19+,24-/m1/s1. The van der Waals surface area contributed by atoms with Gasteiger partial charge in [-0.3, -0.25) is 4.79 Å². The Morgan fingerprint density at radius 2 is 1.97 bits per heavy atom. The van der Waals surface area contributed by atoms with Gasteiger partial charge in [-0.05, 0) is 62.4 Å². The number of amides is 1. The van der Waals surface area contributed by atoms with E-state index in [4.69, 9.17) is 4.74 Å². The smallest absolute Gasteiger partial charge is 0.372 e. The molecule has 174 valence electrons. The highest BCUT2D eigenvalue weighted by atomic mass is 19.4. The third-order valence-corrected chi connectivity index (χ3v) is 6.26. The van der Waals surface area contributed by atoms with E-state index in [9.17, 15) is 18.0 Å². The van der Waals surface area contributed by atoms with E-state index in [0.717, 1.165) is 24.5 Å². The van der Waals surface area contributed by atoms with Gasteiger partial charge in [0.2, 0.25) is 5.91 Å². The van der Waals surface area contributed by atoms with Crippen molar-refractivity contribution in [3.05, 3.63) is 70.8 Å². The first kappa shape index (κ1) is 24.3. The monoisotopic (exact) mass is 448 g/mol. The van der Waals surface area contributed by atoms with Crippen molar-refractivity contribution in [2.24, 2.45) is 5.92 Å². The molecule has 0 unspecified atom stereocenters. The van der Waals surface area contributed by atoms with E-state index in [1.807, 2.05) is 30.3 Å². The van der Waals surface area contributed by atoms with Crippen LogP contribution < -0.4 is 10.6 Å². The number of rotatable bonds is 7. The lowest BCUT2D eigenvalue weighted by atomic mass is 9.78. The topological polar surface area (TPSA) is 50.4 Å². The van der Waals surface area contributed by atoms with Gasteiger partial charge in [-0.1, -0.05) is 42.0 Å². The second-order valence-corrected chi connectivity index (χ2v) is 8.69. The average Bonchev–Trinajstić information content (AvgIpc) is 2.78. The third-order valence-electron chi connectivity index (χ3n) is 6.26. The van der Waals surface area contributed by atoms with E-state index in [2.05, 4.69) is 10.6 Å². The molecule has 0 aromatic heterocycles. The maximum atomic E-state index is 13.2. The Kier molecular flexibility index (Phi) is 7.62. The molecule has 0 aliphatic carbocycles. The maximum Gasteiger partial charge on any atom is 0.416 e. The van der Waals surface area contributed by atoms with Crippen LogP contribution in [-0.4, -0.2) is 26.1 Å². The molecule has 1 heterocycles. The molecule has 1 amide bonds. The zero-order valence-corrected chi connectivity index (χ0v) is 18.8. The van der Waals surface area contributed by atoms with Crippen molar-refractivity contribution in [1.82, 2.24) is 10.6 Å². The lowest BCUT2D eigenvalue weighted by Crippen LogP contribution is -2.52. The quantitative estimate of drug-likeness (QED) is 0.618. The number of ether oxygens (including phenoxy) is 1. The minimum absolute atomic E-state index is 0.0220. The summed E-state index contributed by atoms with van der Waals surface area (Å²) < 4.78 is 45.9. The fraction of sp³-hybridized carbons (Fsp3) is 0.480. The van der Waals surface area contributed by atoms with Crippen molar-refractivity contribution >= 4 is 5.91 Å². The van der Waals surface area contributed by atoms with Crippen molar-refractivity contribution < 1.29 is 22.7 Å².